The fourth-order valence-corrected chi connectivity index (χ4v) is 4.15. The molecule has 0 saturated carbocycles. The lowest BCUT2D eigenvalue weighted by Crippen LogP contribution is -2.31. The largest absolute Gasteiger partial charge is 0.507 e. The number of aromatic hydroxyl groups is 1. The van der Waals surface area contributed by atoms with E-state index in [0.717, 1.165) is 29.6 Å². The minimum atomic E-state index is -0.409. The fourth-order valence-electron chi connectivity index (χ4n) is 4.02. The van der Waals surface area contributed by atoms with Gasteiger partial charge < -0.3 is 9.52 Å². The third-order valence-corrected chi connectivity index (χ3v) is 5.43. The molecule has 0 radical (unpaired) electrons. The van der Waals surface area contributed by atoms with Gasteiger partial charge >= 0.3 is 5.63 Å². The molecule has 0 fully saturated rings. The number of aryl methyl sites for hydroxylation is 1. The molecule has 0 bridgehead atoms. The SMILES string of the molecule is Cc1c(-c2ccc(Cl)cc2)c(=O)oc2c(CN(CC(C)C)CC(C)C)c(O)ccc12. The molecular formula is C25H30ClNO3. The van der Waals surface area contributed by atoms with Crippen molar-refractivity contribution in [2.75, 3.05) is 13.1 Å². The standard InChI is InChI=1S/C25H30ClNO3/c1-15(2)12-27(13-16(3)4)14-21-22(28)11-10-20-17(5)23(25(29)30-24(20)21)18-6-8-19(26)9-7-18/h6-11,15-16,28H,12-14H2,1-5H3. The smallest absolute Gasteiger partial charge is 0.344 e. The molecule has 160 valence electrons. The summed E-state index contributed by atoms with van der Waals surface area (Å²) in [6.07, 6.45) is 0. The Labute approximate surface area is 183 Å². The first-order valence-electron chi connectivity index (χ1n) is 10.4. The molecule has 0 aliphatic heterocycles. The summed E-state index contributed by atoms with van der Waals surface area (Å²) >= 11 is 6.00. The van der Waals surface area contributed by atoms with Crippen LogP contribution in [-0.2, 0) is 6.54 Å². The Morgan fingerprint density at radius 3 is 2.17 bits per heavy atom. The highest BCUT2D eigenvalue weighted by molar-refractivity contribution is 6.30. The molecule has 0 spiro atoms. The van der Waals surface area contributed by atoms with Crippen LogP contribution in [0.3, 0.4) is 0 Å². The summed E-state index contributed by atoms with van der Waals surface area (Å²) in [5.74, 6) is 1.14. The summed E-state index contributed by atoms with van der Waals surface area (Å²) in [6.45, 7) is 13.0. The van der Waals surface area contributed by atoms with E-state index < -0.39 is 5.63 Å². The summed E-state index contributed by atoms with van der Waals surface area (Å²) in [7, 11) is 0. The number of phenols is 1. The summed E-state index contributed by atoms with van der Waals surface area (Å²) < 4.78 is 5.81. The molecule has 2 aromatic carbocycles. The van der Waals surface area contributed by atoms with Crippen molar-refractivity contribution in [2.24, 2.45) is 11.8 Å². The van der Waals surface area contributed by atoms with Gasteiger partial charge in [0.1, 0.15) is 11.3 Å². The van der Waals surface area contributed by atoms with Crippen LogP contribution in [0.5, 0.6) is 5.75 Å². The lowest BCUT2D eigenvalue weighted by molar-refractivity contribution is 0.209. The van der Waals surface area contributed by atoms with Gasteiger partial charge in [-0.2, -0.15) is 0 Å². The highest BCUT2D eigenvalue weighted by Gasteiger charge is 2.20. The highest BCUT2D eigenvalue weighted by atomic mass is 35.5. The maximum Gasteiger partial charge on any atom is 0.344 e. The average molecular weight is 428 g/mol. The van der Waals surface area contributed by atoms with Gasteiger partial charge in [-0.05, 0) is 54.2 Å². The van der Waals surface area contributed by atoms with Crippen LogP contribution in [0, 0.1) is 18.8 Å². The molecule has 30 heavy (non-hydrogen) atoms. The minimum Gasteiger partial charge on any atom is -0.507 e. The van der Waals surface area contributed by atoms with Crippen molar-refractivity contribution >= 4 is 22.6 Å². The van der Waals surface area contributed by atoms with Crippen LogP contribution in [0.2, 0.25) is 5.02 Å². The van der Waals surface area contributed by atoms with Gasteiger partial charge in [0.05, 0.1) is 11.1 Å². The Balaban J connectivity index is 2.13. The highest BCUT2D eigenvalue weighted by Crippen LogP contribution is 2.33. The van der Waals surface area contributed by atoms with Gasteiger partial charge in [0.25, 0.3) is 0 Å². The summed E-state index contributed by atoms with van der Waals surface area (Å²) in [5, 5.41) is 12.1. The molecule has 0 atom stereocenters. The van der Waals surface area contributed by atoms with Crippen molar-refractivity contribution in [3.8, 4) is 16.9 Å². The normalized spacial score (nSPS) is 11.9. The van der Waals surface area contributed by atoms with Crippen LogP contribution >= 0.6 is 11.6 Å². The van der Waals surface area contributed by atoms with Gasteiger partial charge in [0.15, 0.2) is 0 Å². The number of halogens is 1. The van der Waals surface area contributed by atoms with E-state index in [-0.39, 0.29) is 5.75 Å². The van der Waals surface area contributed by atoms with Gasteiger partial charge in [0.2, 0.25) is 0 Å². The Morgan fingerprint density at radius 1 is 1.00 bits per heavy atom. The molecule has 0 amide bonds. The van der Waals surface area contributed by atoms with E-state index in [2.05, 4.69) is 32.6 Å². The van der Waals surface area contributed by atoms with Crippen molar-refractivity contribution in [2.45, 2.75) is 41.2 Å². The molecule has 1 N–H and O–H groups in total. The summed E-state index contributed by atoms with van der Waals surface area (Å²) in [4.78, 5) is 15.3. The van der Waals surface area contributed by atoms with Gasteiger partial charge in [0, 0.05) is 30.0 Å². The number of phenolic OH excluding ortho intramolecular Hbond substituents is 1. The van der Waals surface area contributed by atoms with E-state index in [9.17, 15) is 9.90 Å². The van der Waals surface area contributed by atoms with Crippen LogP contribution < -0.4 is 5.63 Å². The van der Waals surface area contributed by atoms with E-state index in [4.69, 9.17) is 16.0 Å². The molecule has 3 rings (SSSR count). The number of fused-ring (bicyclic) bond motifs is 1. The third-order valence-electron chi connectivity index (χ3n) is 5.17. The molecule has 0 aliphatic rings. The van der Waals surface area contributed by atoms with Gasteiger partial charge in [-0.3, -0.25) is 4.90 Å². The molecule has 1 heterocycles. The quantitative estimate of drug-likeness (QED) is 0.453. The van der Waals surface area contributed by atoms with Crippen LogP contribution in [0.15, 0.2) is 45.6 Å². The number of nitrogens with zero attached hydrogens (tertiary/aromatic N) is 1. The van der Waals surface area contributed by atoms with E-state index in [0.29, 0.717) is 40.1 Å². The van der Waals surface area contributed by atoms with Gasteiger partial charge in [-0.25, -0.2) is 4.79 Å². The second-order valence-corrected chi connectivity index (χ2v) is 9.25. The third kappa shape index (κ3) is 4.88. The first-order chi connectivity index (χ1) is 14.2. The van der Waals surface area contributed by atoms with E-state index in [1.54, 1.807) is 18.2 Å². The first kappa shape index (κ1) is 22.4. The van der Waals surface area contributed by atoms with Crippen molar-refractivity contribution in [1.82, 2.24) is 4.90 Å². The van der Waals surface area contributed by atoms with Gasteiger partial charge in [-0.15, -0.1) is 0 Å². The Hall–Kier alpha value is -2.30. The summed E-state index contributed by atoms with van der Waals surface area (Å²) in [6, 6.07) is 10.7. The Bertz CT molecular complexity index is 1070. The predicted molar refractivity (Wildman–Crippen MR) is 124 cm³/mol. The maximum absolute atomic E-state index is 12.9. The van der Waals surface area contributed by atoms with E-state index >= 15 is 0 Å². The molecule has 5 heteroatoms. The minimum absolute atomic E-state index is 0.154. The Morgan fingerprint density at radius 2 is 1.60 bits per heavy atom. The molecule has 0 aliphatic carbocycles. The average Bonchev–Trinajstić information content (AvgIpc) is 2.64. The van der Waals surface area contributed by atoms with E-state index in [1.807, 2.05) is 25.1 Å². The predicted octanol–water partition coefficient (Wildman–Crippen LogP) is 6.24. The zero-order chi connectivity index (χ0) is 22.0. The van der Waals surface area contributed by atoms with Crippen molar-refractivity contribution in [1.29, 1.82) is 0 Å². The lowest BCUT2D eigenvalue weighted by Gasteiger charge is -2.26. The van der Waals surface area contributed by atoms with Gasteiger partial charge in [-0.1, -0.05) is 51.4 Å². The zero-order valence-corrected chi connectivity index (χ0v) is 19.1. The van der Waals surface area contributed by atoms with Crippen LogP contribution in [0.1, 0.15) is 38.8 Å². The van der Waals surface area contributed by atoms with Crippen molar-refractivity contribution in [3.63, 3.8) is 0 Å². The number of hydrogen-bond acceptors (Lipinski definition) is 4. The fraction of sp³-hybridized carbons (Fsp3) is 0.400. The number of hydrogen-bond donors (Lipinski definition) is 1. The maximum atomic E-state index is 12.9. The molecule has 4 nitrogen and oxygen atoms in total. The molecular weight excluding hydrogens is 398 g/mol. The molecule has 0 unspecified atom stereocenters. The first-order valence-corrected chi connectivity index (χ1v) is 10.8. The van der Waals surface area contributed by atoms with Crippen molar-refractivity contribution in [3.05, 3.63) is 63.0 Å². The topological polar surface area (TPSA) is 53.7 Å². The zero-order valence-electron chi connectivity index (χ0n) is 18.3. The van der Waals surface area contributed by atoms with Crippen molar-refractivity contribution < 1.29 is 9.52 Å². The van der Waals surface area contributed by atoms with Crippen LogP contribution in [0.25, 0.3) is 22.1 Å². The molecule has 3 aromatic rings. The number of benzene rings is 2. The molecule has 0 saturated heterocycles. The second-order valence-electron chi connectivity index (χ2n) is 8.82. The second kappa shape index (κ2) is 9.23. The summed E-state index contributed by atoms with van der Waals surface area (Å²) in [5.41, 5.74) is 2.85. The van der Waals surface area contributed by atoms with Crippen LogP contribution in [-0.4, -0.2) is 23.1 Å². The number of rotatable bonds is 7. The van der Waals surface area contributed by atoms with E-state index in [1.165, 1.54) is 0 Å². The van der Waals surface area contributed by atoms with Crippen LogP contribution in [0.4, 0.5) is 0 Å². The lowest BCUT2D eigenvalue weighted by atomic mass is 9.97. The molecule has 1 aromatic heterocycles. The monoisotopic (exact) mass is 427 g/mol. The Kier molecular flexibility index (Phi) is 6.89.